The van der Waals surface area contributed by atoms with E-state index in [2.05, 4.69) is 32.3 Å². The first-order valence-corrected chi connectivity index (χ1v) is 7.49. The number of rotatable bonds is 6. The molecule has 0 spiro atoms. The number of ether oxygens (including phenoxy) is 2. The van der Waals surface area contributed by atoms with Crippen molar-refractivity contribution in [1.82, 2.24) is 10.3 Å². The summed E-state index contributed by atoms with van der Waals surface area (Å²) in [4.78, 5) is 4.36. The van der Waals surface area contributed by atoms with Crippen molar-refractivity contribution in [2.24, 2.45) is 0 Å². The second-order valence-corrected chi connectivity index (χ2v) is 5.62. The third kappa shape index (κ3) is 4.19. The molecule has 0 unspecified atom stereocenters. The summed E-state index contributed by atoms with van der Waals surface area (Å²) in [7, 11) is 3.53. The molecule has 0 aliphatic rings. The van der Waals surface area contributed by atoms with Crippen molar-refractivity contribution in [3.63, 3.8) is 0 Å². The van der Waals surface area contributed by atoms with Crippen LogP contribution in [0.3, 0.4) is 0 Å². The Hall–Kier alpha value is -1.59. The Morgan fingerprint density at radius 3 is 2.81 bits per heavy atom. The highest BCUT2D eigenvalue weighted by molar-refractivity contribution is 9.10. The number of methoxy groups -OCH3 is 1. The molecule has 1 heterocycles. The third-order valence-electron chi connectivity index (χ3n) is 3.04. The van der Waals surface area contributed by atoms with Crippen LogP contribution in [0.5, 0.6) is 11.6 Å². The van der Waals surface area contributed by atoms with E-state index < -0.39 is 0 Å². The third-order valence-corrected chi connectivity index (χ3v) is 3.50. The van der Waals surface area contributed by atoms with Crippen molar-refractivity contribution in [2.75, 3.05) is 14.2 Å². The monoisotopic (exact) mass is 350 g/mol. The van der Waals surface area contributed by atoms with Crippen LogP contribution in [-0.2, 0) is 13.2 Å². The van der Waals surface area contributed by atoms with Crippen molar-refractivity contribution in [1.29, 1.82) is 0 Å². The first kappa shape index (κ1) is 15.8. The van der Waals surface area contributed by atoms with E-state index in [0.717, 1.165) is 33.6 Å². The number of halogens is 1. The Kier molecular flexibility index (Phi) is 5.59. The Balaban J connectivity index is 2.18. The quantitative estimate of drug-likeness (QED) is 0.866. The maximum Gasteiger partial charge on any atom is 0.213 e. The number of aromatic nitrogens is 1. The molecule has 0 bridgehead atoms. The van der Waals surface area contributed by atoms with E-state index >= 15 is 0 Å². The van der Waals surface area contributed by atoms with Gasteiger partial charge in [0.05, 0.1) is 12.8 Å². The summed E-state index contributed by atoms with van der Waals surface area (Å²) in [5, 5.41) is 3.16. The number of benzene rings is 1. The van der Waals surface area contributed by atoms with Crippen molar-refractivity contribution in [2.45, 2.75) is 20.1 Å². The molecule has 0 saturated heterocycles. The lowest BCUT2D eigenvalue weighted by Crippen LogP contribution is -2.09. The number of nitrogens with one attached hydrogen (secondary N) is 1. The molecule has 5 heteroatoms. The number of hydrogen-bond acceptors (Lipinski definition) is 4. The SMILES string of the molecule is CNCc1cc(Br)cc(C)c1OCc1cccc(OC)n1. The molecule has 0 fully saturated rings. The van der Waals surface area contributed by atoms with Gasteiger partial charge in [-0.2, -0.15) is 0 Å². The van der Waals surface area contributed by atoms with Crippen molar-refractivity contribution in [3.8, 4) is 11.6 Å². The Bertz CT molecular complexity index is 617. The summed E-state index contributed by atoms with van der Waals surface area (Å²) in [5.74, 6) is 1.50. The second-order valence-electron chi connectivity index (χ2n) is 4.70. The largest absolute Gasteiger partial charge is 0.487 e. The molecule has 1 N–H and O–H groups in total. The fourth-order valence-electron chi connectivity index (χ4n) is 2.13. The average Bonchev–Trinajstić information content (AvgIpc) is 2.47. The van der Waals surface area contributed by atoms with Gasteiger partial charge in [-0.05, 0) is 37.7 Å². The highest BCUT2D eigenvalue weighted by atomic mass is 79.9. The Morgan fingerprint density at radius 2 is 2.10 bits per heavy atom. The summed E-state index contributed by atoms with van der Waals surface area (Å²) in [5.41, 5.74) is 3.05. The van der Waals surface area contributed by atoms with E-state index in [4.69, 9.17) is 9.47 Å². The lowest BCUT2D eigenvalue weighted by molar-refractivity contribution is 0.292. The second kappa shape index (κ2) is 7.43. The average molecular weight is 351 g/mol. The van der Waals surface area contributed by atoms with Crippen LogP contribution < -0.4 is 14.8 Å². The molecule has 112 valence electrons. The van der Waals surface area contributed by atoms with Crippen LogP contribution >= 0.6 is 15.9 Å². The smallest absolute Gasteiger partial charge is 0.213 e. The van der Waals surface area contributed by atoms with Crippen LogP contribution in [0, 0.1) is 6.92 Å². The molecule has 0 atom stereocenters. The lowest BCUT2D eigenvalue weighted by atomic mass is 10.1. The topological polar surface area (TPSA) is 43.4 Å². The molecular formula is C16H19BrN2O2. The van der Waals surface area contributed by atoms with Gasteiger partial charge in [0.25, 0.3) is 0 Å². The van der Waals surface area contributed by atoms with E-state index in [1.807, 2.05) is 38.2 Å². The lowest BCUT2D eigenvalue weighted by Gasteiger charge is -2.15. The Labute approximate surface area is 133 Å². The van der Waals surface area contributed by atoms with Crippen molar-refractivity contribution >= 4 is 15.9 Å². The van der Waals surface area contributed by atoms with Gasteiger partial charge in [0.2, 0.25) is 5.88 Å². The molecule has 0 radical (unpaired) electrons. The maximum absolute atomic E-state index is 5.98. The minimum absolute atomic E-state index is 0.413. The molecule has 1 aromatic carbocycles. The maximum atomic E-state index is 5.98. The van der Waals surface area contributed by atoms with Gasteiger partial charge < -0.3 is 14.8 Å². The minimum atomic E-state index is 0.413. The van der Waals surface area contributed by atoms with Crippen molar-refractivity contribution in [3.05, 3.63) is 51.6 Å². The van der Waals surface area contributed by atoms with Crippen LogP contribution in [0.25, 0.3) is 0 Å². The van der Waals surface area contributed by atoms with E-state index in [-0.39, 0.29) is 0 Å². The zero-order valence-corrected chi connectivity index (χ0v) is 14.0. The van der Waals surface area contributed by atoms with E-state index in [9.17, 15) is 0 Å². The van der Waals surface area contributed by atoms with Gasteiger partial charge >= 0.3 is 0 Å². The number of hydrogen-bond donors (Lipinski definition) is 1. The summed E-state index contributed by atoms with van der Waals surface area (Å²) >= 11 is 3.52. The number of nitrogens with zero attached hydrogens (tertiary/aromatic N) is 1. The minimum Gasteiger partial charge on any atom is -0.487 e. The van der Waals surface area contributed by atoms with Gasteiger partial charge in [0.1, 0.15) is 12.4 Å². The molecular weight excluding hydrogens is 332 g/mol. The van der Waals surface area contributed by atoms with Crippen LogP contribution in [0.4, 0.5) is 0 Å². The zero-order valence-electron chi connectivity index (χ0n) is 12.4. The standard InChI is InChI=1S/C16H19BrN2O2/c1-11-7-13(17)8-12(9-18-2)16(11)21-10-14-5-4-6-15(19-14)20-3/h4-8,18H,9-10H2,1-3H3. The van der Waals surface area contributed by atoms with Gasteiger partial charge in [-0.1, -0.05) is 22.0 Å². The number of aryl methyl sites for hydroxylation is 1. The molecule has 1 aromatic heterocycles. The molecule has 0 aliphatic heterocycles. The summed E-state index contributed by atoms with van der Waals surface area (Å²) in [6, 6.07) is 9.77. The fraction of sp³-hybridized carbons (Fsp3) is 0.312. The number of pyridine rings is 1. The van der Waals surface area contributed by atoms with Gasteiger partial charge in [-0.15, -0.1) is 0 Å². The van der Waals surface area contributed by atoms with Gasteiger partial charge in [0, 0.05) is 22.6 Å². The van der Waals surface area contributed by atoms with Gasteiger partial charge in [0.15, 0.2) is 0 Å². The van der Waals surface area contributed by atoms with E-state index in [0.29, 0.717) is 12.5 Å². The highest BCUT2D eigenvalue weighted by Crippen LogP contribution is 2.28. The molecule has 2 aromatic rings. The van der Waals surface area contributed by atoms with Crippen LogP contribution in [-0.4, -0.2) is 19.1 Å². The zero-order chi connectivity index (χ0) is 15.2. The predicted molar refractivity (Wildman–Crippen MR) is 86.8 cm³/mol. The molecule has 0 aliphatic carbocycles. The van der Waals surface area contributed by atoms with Gasteiger partial charge in [-0.25, -0.2) is 4.98 Å². The van der Waals surface area contributed by atoms with Crippen LogP contribution in [0.1, 0.15) is 16.8 Å². The summed E-state index contributed by atoms with van der Waals surface area (Å²) in [6.45, 7) is 3.20. The van der Waals surface area contributed by atoms with E-state index in [1.165, 1.54) is 0 Å². The predicted octanol–water partition coefficient (Wildman–Crippen LogP) is 3.46. The molecule has 0 saturated carbocycles. The van der Waals surface area contributed by atoms with Crippen molar-refractivity contribution < 1.29 is 9.47 Å². The highest BCUT2D eigenvalue weighted by Gasteiger charge is 2.09. The normalized spacial score (nSPS) is 10.5. The fourth-order valence-corrected chi connectivity index (χ4v) is 2.75. The summed E-state index contributed by atoms with van der Waals surface area (Å²) in [6.07, 6.45) is 0. The first-order valence-electron chi connectivity index (χ1n) is 6.70. The molecule has 0 amide bonds. The summed E-state index contributed by atoms with van der Waals surface area (Å²) < 4.78 is 12.2. The van der Waals surface area contributed by atoms with Crippen LogP contribution in [0.2, 0.25) is 0 Å². The molecule has 4 nitrogen and oxygen atoms in total. The first-order chi connectivity index (χ1) is 10.1. The van der Waals surface area contributed by atoms with Crippen LogP contribution in [0.15, 0.2) is 34.8 Å². The van der Waals surface area contributed by atoms with E-state index in [1.54, 1.807) is 7.11 Å². The molecule has 2 rings (SSSR count). The Morgan fingerprint density at radius 1 is 1.29 bits per heavy atom. The molecule has 21 heavy (non-hydrogen) atoms. The van der Waals surface area contributed by atoms with Gasteiger partial charge in [-0.3, -0.25) is 0 Å².